The summed E-state index contributed by atoms with van der Waals surface area (Å²) in [5, 5.41) is 7.23. The number of halogens is 1. The van der Waals surface area contributed by atoms with Crippen LogP contribution in [0.5, 0.6) is 5.88 Å². The van der Waals surface area contributed by atoms with Crippen molar-refractivity contribution in [1.82, 2.24) is 19.9 Å². The highest BCUT2D eigenvalue weighted by atomic mass is 35.5. The number of ether oxygens (including phenoxy) is 2. The zero-order valence-corrected chi connectivity index (χ0v) is 20.2. The molecule has 1 fully saturated rings. The average Bonchev–Trinajstić information content (AvgIpc) is 2.81. The summed E-state index contributed by atoms with van der Waals surface area (Å²) in [6.45, 7) is 6.20. The fraction of sp³-hybridized carbons (Fsp3) is 0.333. The second-order valence-corrected chi connectivity index (χ2v) is 11.3. The van der Waals surface area contributed by atoms with Gasteiger partial charge in [-0.05, 0) is 25.5 Å². The highest BCUT2D eigenvalue weighted by molar-refractivity contribution is 7.70. The van der Waals surface area contributed by atoms with Gasteiger partial charge in [-0.1, -0.05) is 23.7 Å². The Morgan fingerprint density at radius 3 is 2.55 bits per heavy atom. The lowest BCUT2D eigenvalue weighted by Crippen LogP contribution is -2.36. The quantitative estimate of drug-likeness (QED) is 0.478. The van der Waals surface area contributed by atoms with Crippen LogP contribution >= 0.6 is 18.7 Å². The molecule has 0 bridgehead atoms. The van der Waals surface area contributed by atoms with Gasteiger partial charge in [-0.2, -0.15) is 9.97 Å². The van der Waals surface area contributed by atoms with E-state index in [0.717, 1.165) is 13.1 Å². The largest absolute Gasteiger partial charge is 0.478 e. The molecule has 0 amide bonds. The van der Waals surface area contributed by atoms with Crippen LogP contribution in [-0.2, 0) is 9.30 Å². The monoisotopic (exact) mass is 489 g/mol. The van der Waals surface area contributed by atoms with Gasteiger partial charge in [0.2, 0.25) is 5.95 Å². The molecule has 12 heteroatoms. The summed E-state index contributed by atoms with van der Waals surface area (Å²) in [5.74, 6) is 2.01. The van der Waals surface area contributed by atoms with Gasteiger partial charge in [0, 0.05) is 18.4 Å². The van der Waals surface area contributed by atoms with Crippen molar-refractivity contribution in [1.29, 1.82) is 0 Å². The molecule has 0 spiro atoms. The van der Waals surface area contributed by atoms with E-state index in [0.29, 0.717) is 52.6 Å². The van der Waals surface area contributed by atoms with Crippen molar-refractivity contribution in [3.05, 3.63) is 41.7 Å². The molecule has 1 saturated heterocycles. The van der Waals surface area contributed by atoms with Crippen molar-refractivity contribution in [2.45, 2.75) is 0 Å². The highest BCUT2D eigenvalue weighted by Gasteiger charge is 2.19. The van der Waals surface area contributed by atoms with E-state index < -0.39 is 7.14 Å². The Morgan fingerprint density at radius 2 is 1.82 bits per heavy atom. The van der Waals surface area contributed by atoms with Crippen LogP contribution in [0.1, 0.15) is 0 Å². The van der Waals surface area contributed by atoms with Crippen molar-refractivity contribution in [3.63, 3.8) is 0 Å². The van der Waals surface area contributed by atoms with E-state index >= 15 is 0 Å². The predicted octanol–water partition coefficient (Wildman–Crippen LogP) is 3.50. The van der Waals surface area contributed by atoms with Crippen LogP contribution in [0.15, 0.2) is 36.7 Å². The summed E-state index contributed by atoms with van der Waals surface area (Å²) in [5.41, 5.74) is 0.671. The van der Waals surface area contributed by atoms with Crippen LogP contribution in [0.4, 0.5) is 29.1 Å². The normalized spacial score (nSPS) is 14.1. The molecule has 0 atom stereocenters. The van der Waals surface area contributed by atoms with Crippen molar-refractivity contribution < 1.29 is 14.0 Å². The molecule has 0 saturated carbocycles. The van der Waals surface area contributed by atoms with Crippen LogP contribution in [0.25, 0.3) is 0 Å². The van der Waals surface area contributed by atoms with E-state index in [1.54, 1.807) is 19.5 Å². The third-order valence-corrected chi connectivity index (χ3v) is 6.79. The van der Waals surface area contributed by atoms with E-state index in [4.69, 9.17) is 21.1 Å². The number of nitrogens with one attached hydrogen (secondary N) is 2. The number of methoxy groups -OCH3 is 1. The number of rotatable bonds is 7. The van der Waals surface area contributed by atoms with Crippen LogP contribution in [0, 0.1) is 0 Å². The van der Waals surface area contributed by atoms with Crippen molar-refractivity contribution in [2.75, 3.05) is 62.3 Å². The van der Waals surface area contributed by atoms with Gasteiger partial charge in [-0.25, -0.2) is 9.97 Å². The van der Waals surface area contributed by atoms with Crippen molar-refractivity contribution >= 4 is 53.1 Å². The number of hydrogen-bond donors (Lipinski definition) is 2. The van der Waals surface area contributed by atoms with Gasteiger partial charge in [0.1, 0.15) is 12.2 Å². The third kappa shape index (κ3) is 5.52. The van der Waals surface area contributed by atoms with Crippen LogP contribution in [0.3, 0.4) is 0 Å². The van der Waals surface area contributed by atoms with Gasteiger partial charge in [0.05, 0.1) is 38.4 Å². The van der Waals surface area contributed by atoms with Gasteiger partial charge < -0.3 is 29.6 Å². The Morgan fingerprint density at radius 1 is 1.06 bits per heavy atom. The molecule has 0 aliphatic carbocycles. The average molecular weight is 490 g/mol. The first-order chi connectivity index (χ1) is 15.8. The number of para-hydroxylation sites is 1. The zero-order chi connectivity index (χ0) is 23.4. The van der Waals surface area contributed by atoms with Crippen LogP contribution in [-0.4, -0.2) is 66.7 Å². The number of anilines is 5. The Balaban J connectivity index is 1.58. The van der Waals surface area contributed by atoms with Gasteiger partial charge in [0.15, 0.2) is 17.5 Å². The van der Waals surface area contributed by atoms with E-state index in [2.05, 4.69) is 35.5 Å². The molecule has 10 nitrogen and oxygen atoms in total. The molecule has 2 N–H and O–H groups in total. The molecule has 0 radical (unpaired) electrons. The molecule has 3 heterocycles. The van der Waals surface area contributed by atoms with Gasteiger partial charge in [-0.15, -0.1) is 0 Å². The summed E-state index contributed by atoms with van der Waals surface area (Å²) in [6, 6.07) is 7.36. The first-order valence-corrected chi connectivity index (χ1v) is 13.3. The third-order valence-electron chi connectivity index (χ3n) is 4.97. The first kappa shape index (κ1) is 23.2. The van der Waals surface area contributed by atoms with E-state index in [1.165, 1.54) is 13.3 Å². The molecule has 1 aliphatic rings. The van der Waals surface area contributed by atoms with Gasteiger partial charge >= 0.3 is 0 Å². The van der Waals surface area contributed by atoms with Crippen LogP contribution < -0.4 is 25.6 Å². The lowest BCUT2D eigenvalue weighted by Gasteiger charge is -2.27. The van der Waals surface area contributed by atoms with Gasteiger partial charge in [-0.3, -0.25) is 0 Å². The number of benzene rings is 1. The van der Waals surface area contributed by atoms with E-state index in [-0.39, 0.29) is 5.95 Å². The summed E-state index contributed by atoms with van der Waals surface area (Å²) in [7, 11) is -0.987. The maximum absolute atomic E-state index is 12.7. The zero-order valence-electron chi connectivity index (χ0n) is 18.6. The molecule has 4 rings (SSSR count). The summed E-state index contributed by atoms with van der Waals surface area (Å²) in [4.78, 5) is 19.8. The predicted molar refractivity (Wildman–Crippen MR) is 131 cm³/mol. The number of nitrogens with zero attached hydrogens (tertiary/aromatic N) is 5. The second-order valence-electron chi connectivity index (χ2n) is 7.69. The van der Waals surface area contributed by atoms with Crippen molar-refractivity contribution in [2.24, 2.45) is 0 Å². The number of hydrogen-bond acceptors (Lipinski definition) is 10. The number of morpholine rings is 1. The molecule has 1 aromatic carbocycles. The van der Waals surface area contributed by atoms with Crippen molar-refractivity contribution in [3.8, 4) is 5.88 Å². The maximum atomic E-state index is 12.7. The molecular formula is C21H25ClN7O3P. The highest BCUT2D eigenvalue weighted by Crippen LogP contribution is 2.38. The van der Waals surface area contributed by atoms with E-state index in [1.807, 2.05) is 24.3 Å². The fourth-order valence-corrected chi connectivity index (χ4v) is 4.63. The Hall–Kier alpha value is -2.94. The Bertz CT molecular complexity index is 1180. The summed E-state index contributed by atoms with van der Waals surface area (Å²) >= 11 is 6.33. The lowest BCUT2D eigenvalue weighted by atomic mass is 10.3. The molecule has 3 aromatic rings. The minimum Gasteiger partial charge on any atom is -0.478 e. The van der Waals surface area contributed by atoms with E-state index in [9.17, 15) is 4.57 Å². The van der Waals surface area contributed by atoms with Crippen LogP contribution in [0.2, 0.25) is 5.02 Å². The SMILES string of the molecule is COc1nc(N2CCOCC2)cnc1Nc1ncc(Cl)c(Nc2ccccc2P(C)(C)=O)n1. The smallest absolute Gasteiger partial charge is 0.259 e. The molecular weight excluding hydrogens is 465 g/mol. The number of aromatic nitrogens is 4. The standard InChI is InChI=1S/C21H25ClN7O3P/c1-31-20-19(23-13-17(26-20)29-8-10-32-11-9-29)28-21-24-12-14(22)18(27-21)25-15-6-4-5-7-16(15)33(2,3)30/h4-7,12-13H,8-11H2,1-3H3,(H2,23,24,25,27,28). The second kappa shape index (κ2) is 9.91. The summed E-state index contributed by atoms with van der Waals surface area (Å²) < 4.78 is 23.5. The molecule has 33 heavy (non-hydrogen) atoms. The minimum atomic E-state index is -2.51. The fourth-order valence-electron chi connectivity index (χ4n) is 3.33. The molecule has 2 aromatic heterocycles. The molecule has 1 aliphatic heterocycles. The Kier molecular flexibility index (Phi) is 6.97. The molecule has 174 valence electrons. The lowest BCUT2D eigenvalue weighted by molar-refractivity contribution is 0.122. The minimum absolute atomic E-state index is 0.252. The molecule has 0 unspecified atom stereocenters. The Labute approximate surface area is 197 Å². The first-order valence-electron chi connectivity index (χ1n) is 10.3. The summed E-state index contributed by atoms with van der Waals surface area (Å²) in [6.07, 6.45) is 3.14. The maximum Gasteiger partial charge on any atom is 0.259 e. The van der Waals surface area contributed by atoms with Gasteiger partial charge in [0.25, 0.3) is 5.88 Å². The topological polar surface area (TPSA) is 114 Å².